The average Bonchev–Trinajstić information content (AvgIpc) is 3.16. The van der Waals surface area contributed by atoms with E-state index in [-0.39, 0.29) is 11.9 Å². The van der Waals surface area contributed by atoms with Crippen LogP contribution < -0.4 is 10.6 Å². The van der Waals surface area contributed by atoms with E-state index in [1.165, 1.54) is 44.2 Å². The Hall–Kier alpha value is -3.15. The highest BCUT2D eigenvalue weighted by Crippen LogP contribution is 2.29. The number of fused-ring (bicyclic) bond motifs is 3. The van der Waals surface area contributed by atoms with Crippen molar-refractivity contribution < 1.29 is 4.79 Å². The Bertz CT molecular complexity index is 1240. The van der Waals surface area contributed by atoms with Crippen LogP contribution in [0.25, 0.3) is 21.7 Å². The van der Waals surface area contributed by atoms with E-state index < -0.39 is 0 Å². The monoisotopic (exact) mass is 588 g/mol. The molecular weight excluding hydrogens is 528 g/mol. The minimum atomic E-state index is -0.0484. The fourth-order valence-corrected chi connectivity index (χ4v) is 4.68. The summed E-state index contributed by atoms with van der Waals surface area (Å²) in [6.07, 6.45) is 14.7. The topological polar surface area (TPSA) is 49.3 Å². The molecule has 0 aliphatic carbocycles. The number of benzene rings is 2. The van der Waals surface area contributed by atoms with Crippen molar-refractivity contribution in [1.29, 1.82) is 0 Å². The predicted octanol–water partition coefficient (Wildman–Crippen LogP) is 9.15. The molecule has 2 aromatic carbocycles. The van der Waals surface area contributed by atoms with Crippen LogP contribution in [0.3, 0.4) is 0 Å². The molecule has 1 aliphatic rings. The Morgan fingerprint density at radius 3 is 2.21 bits per heavy atom. The summed E-state index contributed by atoms with van der Waals surface area (Å²) in [6.45, 7) is 23.7. The second-order valence-electron chi connectivity index (χ2n) is 10.9. The molecule has 1 amide bonds. The number of rotatable bonds is 9. The van der Waals surface area contributed by atoms with E-state index >= 15 is 0 Å². The lowest BCUT2D eigenvalue weighted by molar-refractivity contribution is 0.0934. The summed E-state index contributed by atoms with van der Waals surface area (Å²) in [5.74, 6) is -0.0484. The van der Waals surface area contributed by atoms with Crippen LogP contribution in [0.4, 0.5) is 0 Å². The fourth-order valence-electron chi connectivity index (χ4n) is 4.68. The van der Waals surface area contributed by atoms with Crippen LogP contribution in [0.15, 0.2) is 78.9 Å². The van der Waals surface area contributed by atoms with Gasteiger partial charge in [-0.15, -0.1) is 0 Å². The van der Waals surface area contributed by atoms with Crippen LogP contribution in [-0.4, -0.2) is 54.6 Å². The Morgan fingerprint density at radius 1 is 1.00 bits per heavy atom. The van der Waals surface area contributed by atoms with E-state index in [4.69, 9.17) is 0 Å². The number of carbonyl (C=O) groups is 1. The summed E-state index contributed by atoms with van der Waals surface area (Å²) in [7, 11) is 2.11. The molecule has 1 aromatic heterocycles. The van der Waals surface area contributed by atoms with Gasteiger partial charge in [0.25, 0.3) is 5.91 Å². The quantitative estimate of drug-likeness (QED) is 0.245. The third kappa shape index (κ3) is 13.4. The Labute approximate surface area is 263 Å². The second kappa shape index (κ2) is 22.4. The van der Waals surface area contributed by atoms with Crippen LogP contribution in [0.5, 0.6) is 0 Å². The fraction of sp³-hybridized carbons (Fsp3) is 0.500. The van der Waals surface area contributed by atoms with Crippen molar-refractivity contribution in [2.75, 3.05) is 33.2 Å². The van der Waals surface area contributed by atoms with E-state index in [9.17, 15) is 4.79 Å². The number of hydrogen-bond donors (Lipinski definition) is 2. The molecule has 0 spiro atoms. The number of aromatic nitrogens is 1. The molecule has 1 aliphatic heterocycles. The number of allylic oxidation sites excluding steroid dienone is 5. The van der Waals surface area contributed by atoms with Gasteiger partial charge >= 0.3 is 0 Å². The van der Waals surface area contributed by atoms with Gasteiger partial charge in [-0.3, -0.25) is 4.79 Å². The lowest BCUT2D eigenvalue weighted by Gasteiger charge is -2.13. The largest absolute Gasteiger partial charge is 0.349 e. The maximum absolute atomic E-state index is 12.9. The zero-order valence-electron chi connectivity index (χ0n) is 28.5. The second-order valence-corrected chi connectivity index (χ2v) is 10.9. The molecule has 4 rings (SSSR count). The molecule has 0 unspecified atom stereocenters. The lowest BCUT2D eigenvalue weighted by atomic mass is 10.1. The first-order valence-electron chi connectivity index (χ1n) is 16.5. The van der Waals surface area contributed by atoms with Crippen molar-refractivity contribution in [3.63, 3.8) is 0 Å². The zero-order valence-corrected chi connectivity index (χ0v) is 28.5. The van der Waals surface area contributed by atoms with Gasteiger partial charge in [-0.25, -0.2) is 0 Å². The molecule has 5 heteroatoms. The van der Waals surface area contributed by atoms with Gasteiger partial charge in [0.2, 0.25) is 0 Å². The Balaban J connectivity index is 0.000000506. The molecule has 0 saturated carbocycles. The molecule has 238 valence electrons. The summed E-state index contributed by atoms with van der Waals surface area (Å²) in [4.78, 5) is 15.2. The molecule has 3 aromatic rings. The molecule has 1 fully saturated rings. The van der Waals surface area contributed by atoms with Crippen molar-refractivity contribution in [3.8, 4) is 0 Å². The first-order valence-corrected chi connectivity index (χ1v) is 16.5. The molecule has 43 heavy (non-hydrogen) atoms. The third-order valence-corrected chi connectivity index (χ3v) is 7.24. The molecule has 0 bridgehead atoms. The number of amides is 1. The summed E-state index contributed by atoms with van der Waals surface area (Å²) >= 11 is 0. The van der Waals surface area contributed by atoms with Crippen molar-refractivity contribution >= 4 is 27.6 Å². The molecule has 1 saturated heterocycles. The number of hydrogen-bond acceptors (Lipinski definition) is 3. The molecule has 0 radical (unpaired) electrons. The molecule has 2 N–H and O–H groups in total. The normalized spacial score (nSPS) is 13.5. The summed E-state index contributed by atoms with van der Waals surface area (Å²) in [6, 6.07) is 14.6. The van der Waals surface area contributed by atoms with Crippen LogP contribution >= 0.6 is 0 Å². The highest BCUT2D eigenvalue weighted by atomic mass is 16.2. The van der Waals surface area contributed by atoms with Crippen LogP contribution in [0.2, 0.25) is 0 Å². The summed E-state index contributed by atoms with van der Waals surface area (Å²) < 4.78 is 2.11. The molecular formula is C38H60N4O. The smallest absolute Gasteiger partial charge is 0.268 e. The maximum atomic E-state index is 12.9. The Kier molecular flexibility index (Phi) is 19.7. The van der Waals surface area contributed by atoms with E-state index in [2.05, 4.69) is 90.9 Å². The van der Waals surface area contributed by atoms with Gasteiger partial charge in [-0.2, -0.15) is 0 Å². The maximum Gasteiger partial charge on any atom is 0.268 e. The van der Waals surface area contributed by atoms with Gasteiger partial charge in [0, 0.05) is 23.5 Å². The van der Waals surface area contributed by atoms with Crippen molar-refractivity contribution in [3.05, 3.63) is 84.6 Å². The van der Waals surface area contributed by atoms with Crippen molar-refractivity contribution in [2.24, 2.45) is 0 Å². The minimum Gasteiger partial charge on any atom is -0.349 e. The van der Waals surface area contributed by atoms with Gasteiger partial charge in [0.05, 0.1) is 0 Å². The number of carbonyl (C=O) groups excluding carboxylic acids is 1. The van der Waals surface area contributed by atoms with E-state index in [0.717, 1.165) is 41.4 Å². The average molecular weight is 589 g/mol. The van der Waals surface area contributed by atoms with Crippen LogP contribution in [-0.2, 0) is 6.54 Å². The van der Waals surface area contributed by atoms with Crippen LogP contribution in [0, 0.1) is 0 Å². The first-order chi connectivity index (χ1) is 20.9. The Morgan fingerprint density at radius 2 is 1.65 bits per heavy atom. The van der Waals surface area contributed by atoms with Crippen LogP contribution in [0.1, 0.15) is 91.1 Å². The molecule has 2 heterocycles. The predicted molar refractivity (Wildman–Crippen MR) is 191 cm³/mol. The van der Waals surface area contributed by atoms with Crippen molar-refractivity contribution in [1.82, 2.24) is 20.1 Å². The lowest BCUT2D eigenvalue weighted by Crippen LogP contribution is -2.31. The van der Waals surface area contributed by atoms with Gasteiger partial charge < -0.3 is 20.1 Å². The minimum absolute atomic E-state index is 0.0484. The first kappa shape index (κ1) is 37.9. The highest BCUT2D eigenvalue weighted by molar-refractivity contribution is 6.10. The molecule has 5 nitrogen and oxygen atoms in total. The van der Waals surface area contributed by atoms with Gasteiger partial charge in [-0.1, -0.05) is 109 Å². The third-order valence-electron chi connectivity index (χ3n) is 7.24. The summed E-state index contributed by atoms with van der Waals surface area (Å²) in [5, 5.41) is 9.83. The summed E-state index contributed by atoms with van der Waals surface area (Å²) in [5.41, 5.74) is 2.86. The molecule has 0 atom stereocenters. The van der Waals surface area contributed by atoms with E-state index in [1.807, 2.05) is 52.0 Å². The van der Waals surface area contributed by atoms with Gasteiger partial charge in [-0.05, 0) is 94.8 Å². The van der Waals surface area contributed by atoms with E-state index in [0.29, 0.717) is 12.2 Å². The van der Waals surface area contributed by atoms with Gasteiger partial charge in [0.15, 0.2) is 0 Å². The number of nitrogens with one attached hydrogen (secondary N) is 2. The number of nitrogens with zero attached hydrogens (tertiary/aromatic N) is 2. The van der Waals surface area contributed by atoms with E-state index in [1.54, 1.807) is 6.08 Å². The zero-order chi connectivity index (χ0) is 32.0. The van der Waals surface area contributed by atoms with Gasteiger partial charge in [0.1, 0.15) is 5.69 Å². The van der Waals surface area contributed by atoms with Crippen molar-refractivity contribution in [2.45, 2.75) is 93.2 Å². The highest BCUT2D eigenvalue weighted by Gasteiger charge is 2.18. The standard InChI is InChI=1S/C25H28N2O.C6H13N.C5H13N.C2H6/c1-5-7-11-19(10-6-2)17-27-23-15-14-20-12-8-9-13-21(20)22(23)16-24(27)25(28)26-18(3)4;1-2-4-6-7-5-3-1;1-4-6(3)5-2;1-2/h6-16,18H,2,5,17H2,1,3-4H3,(H,26,28);7H,1-6H2;4-5H2,1-3H3;1-2H3/b11-7-,19-10+;;;. The SMILES string of the molecule is C1CCCNCC1.C=C/C=C(\C=C/CC)Cn1c(C(=O)NC(C)C)cc2c3ccccc3ccc21.CC.CCN(C)CC.